The van der Waals surface area contributed by atoms with Crippen molar-refractivity contribution in [2.75, 3.05) is 6.54 Å². The topological polar surface area (TPSA) is 33.2 Å². The molecular formula is C11H15ClN2O. The second kappa shape index (κ2) is 5.12. The van der Waals surface area contributed by atoms with Gasteiger partial charge in [-0.2, -0.15) is 0 Å². The molecule has 0 bridgehead atoms. The van der Waals surface area contributed by atoms with Crippen LogP contribution in [0.1, 0.15) is 31.1 Å². The fourth-order valence-corrected chi connectivity index (χ4v) is 1.64. The van der Waals surface area contributed by atoms with Crippen molar-refractivity contribution in [3.05, 3.63) is 29.0 Å². The highest BCUT2D eigenvalue weighted by Gasteiger charge is 2.19. The molecular weight excluding hydrogens is 212 g/mol. The number of halogens is 1. The second-order valence-corrected chi connectivity index (χ2v) is 3.88. The standard InChI is InChI=1S/C11H15ClN2O/c1-4-14(8(2)3)11(15)9-6-5-7-13-10(9)12/h5-8H,4H2,1-3H3. The normalized spacial score (nSPS) is 10.5. The number of carbonyl (C=O) groups is 1. The average molecular weight is 227 g/mol. The molecule has 1 heterocycles. The summed E-state index contributed by atoms with van der Waals surface area (Å²) < 4.78 is 0. The lowest BCUT2D eigenvalue weighted by Gasteiger charge is -2.25. The Morgan fingerprint density at radius 2 is 2.27 bits per heavy atom. The summed E-state index contributed by atoms with van der Waals surface area (Å²) in [5.41, 5.74) is 0.467. The SMILES string of the molecule is CCN(C(=O)c1cccnc1Cl)C(C)C. The number of pyridine rings is 1. The Labute approximate surface area is 95.1 Å². The van der Waals surface area contributed by atoms with Gasteiger partial charge in [0.05, 0.1) is 5.56 Å². The Balaban J connectivity index is 2.98. The summed E-state index contributed by atoms with van der Waals surface area (Å²) in [6, 6.07) is 3.58. The van der Waals surface area contributed by atoms with E-state index in [1.54, 1.807) is 23.2 Å². The van der Waals surface area contributed by atoms with E-state index in [4.69, 9.17) is 11.6 Å². The van der Waals surface area contributed by atoms with Gasteiger partial charge in [0.2, 0.25) is 0 Å². The number of hydrogen-bond donors (Lipinski definition) is 0. The lowest BCUT2D eigenvalue weighted by Crippen LogP contribution is -2.36. The molecule has 0 saturated heterocycles. The van der Waals surface area contributed by atoms with Gasteiger partial charge < -0.3 is 4.90 Å². The molecule has 0 aliphatic carbocycles. The number of nitrogens with zero attached hydrogens (tertiary/aromatic N) is 2. The van der Waals surface area contributed by atoms with Crippen LogP contribution in [-0.4, -0.2) is 28.4 Å². The molecule has 0 aliphatic rings. The molecule has 0 N–H and O–H groups in total. The molecule has 1 aromatic heterocycles. The molecule has 0 atom stereocenters. The molecule has 1 amide bonds. The van der Waals surface area contributed by atoms with Gasteiger partial charge in [0.1, 0.15) is 5.15 Å². The molecule has 0 spiro atoms. The first kappa shape index (κ1) is 12.0. The predicted molar refractivity (Wildman–Crippen MR) is 61.1 cm³/mol. The van der Waals surface area contributed by atoms with Crippen LogP contribution in [0.4, 0.5) is 0 Å². The molecule has 1 rings (SSSR count). The summed E-state index contributed by atoms with van der Waals surface area (Å²) in [6.07, 6.45) is 1.57. The summed E-state index contributed by atoms with van der Waals surface area (Å²) in [5.74, 6) is -0.0643. The van der Waals surface area contributed by atoms with Crippen LogP contribution in [0.2, 0.25) is 5.15 Å². The molecule has 15 heavy (non-hydrogen) atoms. The minimum atomic E-state index is -0.0643. The van der Waals surface area contributed by atoms with Crippen LogP contribution in [0.5, 0.6) is 0 Å². The van der Waals surface area contributed by atoms with Crippen LogP contribution in [-0.2, 0) is 0 Å². The highest BCUT2D eigenvalue weighted by Crippen LogP contribution is 2.15. The number of amides is 1. The van der Waals surface area contributed by atoms with Crippen molar-refractivity contribution in [2.45, 2.75) is 26.8 Å². The molecule has 0 saturated carbocycles. The van der Waals surface area contributed by atoms with Crippen molar-refractivity contribution in [3.63, 3.8) is 0 Å². The third-order valence-electron chi connectivity index (χ3n) is 2.21. The van der Waals surface area contributed by atoms with Gasteiger partial charge in [0.25, 0.3) is 5.91 Å². The third kappa shape index (κ3) is 2.69. The summed E-state index contributed by atoms with van der Waals surface area (Å²) in [7, 11) is 0. The lowest BCUT2D eigenvalue weighted by molar-refractivity contribution is 0.0716. The van der Waals surface area contributed by atoms with Gasteiger partial charge in [-0.15, -0.1) is 0 Å². The molecule has 0 aromatic carbocycles. The third-order valence-corrected chi connectivity index (χ3v) is 2.52. The van der Waals surface area contributed by atoms with E-state index in [9.17, 15) is 4.79 Å². The first-order valence-corrected chi connectivity index (χ1v) is 5.37. The number of carbonyl (C=O) groups excluding carboxylic acids is 1. The number of hydrogen-bond acceptors (Lipinski definition) is 2. The summed E-state index contributed by atoms with van der Waals surface area (Å²) >= 11 is 5.87. The first-order chi connectivity index (χ1) is 7.07. The van der Waals surface area contributed by atoms with Crippen molar-refractivity contribution >= 4 is 17.5 Å². The molecule has 1 aromatic rings. The van der Waals surface area contributed by atoms with E-state index in [-0.39, 0.29) is 17.1 Å². The molecule has 0 aliphatic heterocycles. The second-order valence-electron chi connectivity index (χ2n) is 3.53. The Morgan fingerprint density at radius 1 is 1.60 bits per heavy atom. The minimum absolute atomic E-state index is 0.0643. The Morgan fingerprint density at radius 3 is 2.73 bits per heavy atom. The largest absolute Gasteiger partial charge is 0.336 e. The molecule has 4 heteroatoms. The summed E-state index contributed by atoms with van der Waals surface area (Å²) in [4.78, 5) is 17.7. The zero-order chi connectivity index (χ0) is 11.4. The van der Waals surface area contributed by atoms with Crippen LogP contribution < -0.4 is 0 Å². The van der Waals surface area contributed by atoms with Crippen molar-refractivity contribution in [1.82, 2.24) is 9.88 Å². The summed E-state index contributed by atoms with van der Waals surface area (Å²) in [5, 5.41) is 0.265. The quantitative estimate of drug-likeness (QED) is 0.743. The van der Waals surface area contributed by atoms with Gasteiger partial charge >= 0.3 is 0 Å². The fourth-order valence-electron chi connectivity index (χ4n) is 1.44. The summed E-state index contributed by atoms with van der Waals surface area (Å²) in [6.45, 7) is 6.57. The molecule has 82 valence electrons. The average Bonchev–Trinajstić information content (AvgIpc) is 2.18. The Hall–Kier alpha value is -1.09. The maximum atomic E-state index is 12.0. The molecule has 0 unspecified atom stereocenters. The van der Waals surface area contributed by atoms with Crippen molar-refractivity contribution in [2.24, 2.45) is 0 Å². The van der Waals surface area contributed by atoms with Gasteiger partial charge in [-0.1, -0.05) is 11.6 Å². The van der Waals surface area contributed by atoms with Gasteiger partial charge in [-0.05, 0) is 32.9 Å². The monoisotopic (exact) mass is 226 g/mol. The minimum Gasteiger partial charge on any atom is -0.336 e. The Bertz CT molecular complexity index is 352. The van der Waals surface area contributed by atoms with E-state index >= 15 is 0 Å². The van der Waals surface area contributed by atoms with E-state index in [1.807, 2.05) is 20.8 Å². The van der Waals surface area contributed by atoms with E-state index in [2.05, 4.69) is 4.98 Å². The lowest BCUT2D eigenvalue weighted by atomic mass is 10.2. The van der Waals surface area contributed by atoms with Crippen LogP contribution in [0, 0.1) is 0 Å². The Kier molecular flexibility index (Phi) is 4.09. The van der Waals surface area contributed by atoms with E-state index in [0.717, 1.165) is 0 Å². The molecule has 0 fully saturated rings. The zero-order valence-corrected chi connectivity index (χ0v) is 9.95. The van der Waals surface area contributed by atoms with Crippen molar-refractivity contribution in [1.29, 1.82) is 0 Å². The van der Waals surface area contributed by atoms with Crippen LogP contribution in [0.3, 0.4) is 0 Å². The van der Waals surface area contributed by atoms with Crippen LogP contribution >= 0.6 is 11.6 Å². The number of aromatic nitrogens is 1. The van der Waals surface area contributed by atoms with E-state index in [0.29, 0.717) is 12.1 Å². The molecule has 0 radical (unpaired) electrons. The highest BCUT2D eigenvalue weighted by molar-refractivity contribution is 6.32. The number of rotatable bonds is 3. The maximum absolute atomic E-state index is 12.0. The van der Waals surface area contributed by atoms with Crippen molar-refractivity contribution in [3.8, 4) is 0 Å². The highest BCUT2D eigenvalue weighted by atomic mass is 35.5. The predicted octanol–water partition coefficient (Wildman–Crippen LogP) is 2.61. The smallest absolute Gasteiger partial charge is 0.257 e. The first-order valence-electron chi connectivity index (χ1n) is 4.99. The van der Waals surface area contributed by atoms with Gasteiger partial charge in [-0.3, -0.25) is 4.79 Å². The molecule has 3 nitrogen and oxygen atoms in total. The van der Waals surface area contributed by atoms with Crippen molar-refractivity contribution < 1.29 is 4.79 Å². The maximum Gasteiger partial charge on any atom is 0.257 e. The van der Waals surface area contributed by atoms with Gasteiger partial charge in [0, 0.05) is 18.8 Å². The van der Waals surface area contributed by atoms with E-state index in [1.165, 1.54) is 0 Å². The van der Waals surface area contributed by atoms with E-state index < -0.39 is 0 Å². The van der Waals surface area contributed by atoms with Crippen LogP contribution in [0.25, 0.3) is 0 Å². The van der Waals surface area contributed by atoms with Gasteiger partial charge in [0.15, 0.2) is 0 Å². The zero-order valence-electron chi connectivity index (χ0n) is 9.20. The van der Waals surface area contributed by atoms with Crippen LogP contribution in [0.15, 0.2) is 18.3 Å². The van der Waals surface area contributed by atoms with Gasteiger partial charge in [-0.25, -0.2) is 4.98 Å². The fraction of sp³-hybridized carbons (Fsp3) is 0.455.